The lowest BCUT2D eigenvalue weighted by Crippen LogP contribution is -2.35. The summed E-state index contributed by atoms with van der Waals surface area (Å²) in [6, 6.07) is 0. The Morgan fingerprint density at radius 2 is 2.08 bits per heavy atom. The molecule has 1 aromatic rings. The Kier molecular flexibility index (Phi) is 4.27. The van der Waals surface area contributed by atoms with E-state index < -0.39 is 5.60 Å². The van der Waals surface area contributed by atoms with Crippen LogP contribution in [-0.2, 0) is 11.2 Å². The van der Waals surface area contributed by atoms with Crippen LogP contribution in [0.3, 0.4) is 0 Å². The molecule has 3 rings (SSSR count). The van der Waals surface area contributed by atoms with Gasteiger partial charge in [0.25, 0.3) is 5.56 Å². The Hall–Kier alpha value is -2.05. The van der Waals surface area contributed by atoms with E-state index in [1.807, 2.05) is 32.7 Å². The van der Waals surface area contributed by atoms with Gasteiger partial charge < -0.3 is 19.5 Å². The molecule has 0 unspecified atom stereocenters. The molecule has 7 nitrogen and oxygen atoms in total. The van der Waals surface area contributed by atoms with Crippen LogP contribution in [0, 0.1) is 0 Å². The first-order valence-corrected chi connectivity index (χ1v) is 8.57. The van der Waals surface area contributed by atoms with Crippen molar-refractivity contribution in [3.05, 3.63) is 21.7 Å². The molecule has 0 saturated carbocycles. The summed E-state index contributed by atoms with van der Waals surface area (Å²) < 4.78 is 5.42. The van der Waals surface area contributed by atoms with E-state index in [4.69, 9.17) is 9.72 Å². The highest BCUT2D eigenvalue weighted by molar-refractivity contribution is 5.68. The third-order valence-electron chi connectivity index (χ3n) is 4.52. The first kappa shape index (κ1) is 16.8. The lowest BCUT2D eigenvalue weighted by Gasteiger charge is -2.26. The van der Waals surface area contributed by atoms with E-state index in [9.17, 15) is 9.59 Å². The summed E-state index contributed by atoms with van der Waals surface area (Å²) in [6.45, 7) is 7.64. The molecule has 2 aliphatic heterocycles. The van der Waals surface area contributed by atoms with Crippen LogP contribution in [-0.4, -0.2) is 53.2 Å². The smallest absolute Gasteiger partial charge is 0.410 e. The van der Waals surface area contributed by atoms with Gasteiger partial charge in [-0.2, -0.15) is 0 Å². The number of anilines is 1. The Balaban J connectivity index is 1.77. The van der Waals surface area contributed by atoms with E-state index in [0.717, 1.165) is 37.2 Å². The molecule has 1 amide bonds. The normalized spacial score (nSPS) is 20.9. The van der Waals surface area contributed by atoms with E-state index in [2.05, 4.69) is 4.98 Å². The topological polar surface area (TPSA) is 78.5 Å². The summed E-state index contributed by atoms with van der Waals surface area (Å²) in [7, 11) is 1.97. The molecule has 1 N–H and O–H groups in total. The number of carbonyl (C=O) groups is 1. The van der Waals surface area contributed by atoms with E-state index in [1.54, 1.807) is 4.90 Å². The van der Waals surface area contributed by atoms with Gasteiger partial charge in [0.1, 0.15) is 17.2 Å². The van der Waals surface area contributed by atoms with Gasteiger partial charge in [-0.15, -0.1) is 0 Å². The molecule has 0 spiro atoms. The van der Waals surface area contributed by atoms with Gasteiger partial charge in [-0.25, -0.2) is 9.78 Å². The summed E-state index contributed by atoms with van der Waals surface area (Å²) in [6.07, 6.45) is 2.23. The Labute approximate surface area is 142 Å². The van der Waals surface area contributed by atoms with Crippen LogP contribution in [0.5, 0.6) is 0 Å². The van der Waals surface area contributed by atoms with Crippen molar-refractivity contribution >= 4 is 11.9 Å². The fourth-order valence-electron chi connectivity index (χ4n) is 3.31. The molecule has 1 atom stereocenters. The summed E-state index contributed by atoms with van der Waals surface area (Å²) in [5.41, 5.74) is 0.225. The zero-order valence-electron chi connectivity index (χ0n) is 14.9. The van der Waals surface area contributed by atoms with Gasteiger partial charge in [0.05, 0.1) is 5.56 Å². The van der Waals surface area contributed by atoms with Crippen LogP contribution in [0.4, 0.5) is 10.6 Å². The molecule has 1 saturated heterocycles. The molecular formula is C17H26N4O3. The molecule has 0 radical (unpaired) electrons. The van der Waals surface area contributed by atoms with Gasteiger partial charge in [-0.3, -0.25) is 4.79 Å². The van der Waals surface area contributed by atoms with Gasteiger partial charge in [-0.1, -0.05) is 0 Å². The van der Waals surface area contributed by atoms with Gasteiger partial charge in [-0.05, 0) is 40.0 Å². The number of carbonyl (C=O) groups excluding carboxylic acids is 1. The molecule has 2 aliphatic rings. The minimum atomic E-state index is -0.504. The number of nitrogens with one attached hydrogen (secondary N) is 1. The zero-order chi connectivity index (χ0) is 17.5. The SMILES string of the molecule is CN1CCCc2c1nc([C@H]1CCN(C(=O)OC(C)(C)C)C1)[nH]c2=O. The molecule has 0 aliphatic carbocycles. The highest BCUT2D eigenvalue weighted by atomic mass is 16.6. The number of amides is 1. The Bertz CT molecular complexity index is 692. The number of rotatable bonds is 1. The van der Waals surface area contributed by atoms with Crippen molar-refractivity contribution < 1.29 is 9.53 Å². The van der Waals surface area contributed by atoms with Gasteiger partial charge in [0.2, 0.25) is 0 Å². The van der Waals surface area contributed by atoms with Crippen molar-refractivity contribution in [2.75, 3.05) is 31.6 Å². The molecule has 24 heavy (non-hydrogen) atoms. The number of fused-ring (bicyclic) bond motifs is 1. The summed E-state index contributed by atoms with van der Waals surface area (Å²) in [5.74, 6) is 1.51. The second kappa shape index (κ2) is 6.11. The molecule has 0 bridgehead atoms. The first-order chi connectivity index (χ1) is 11.2. The van der Waals surface area contributed by atoms with Crippen LogP contribution in [0.15, 0.2) is 4.79 Å². The number of ether oxygens (including phenoxy) is 1. The lowest BCUT2D eigenvalue weighted by atomic mass is 10.1. The van der Waals surface area contributed by atoms with Crippen molar-refractivity contribution in [2.24, 2.45) is 0 Å². The summed E-state index contributed by atoms with van der Waals surface area (Å²) >= 11 is 0. The van der Waals surface area contributed by atoms with Gasteiger partial charge >= 0.3 is 6.09 Å². The Morgan fingerprint density at radius 3 is 2.79 bits per heavy atom. The molecule has 132 valence electrons. The van der Waals surface area contributed by atoms with Crippen LogP contribution in [0.25, 0.3) is 0 Å². The maximum Gasteiger partial charge on any atom is 0.410 e. The zero-order valence-corrected chi connectivity index (χ0v) is 14.9. The highest BCUT2D eigenvalue weighted by Crippen LogP contribution is 2.28. The summed E-state index contributed by atoms with van der Waals surface area (Å²) in [5, 5.41) is 0. The first-order valence-electron chi connectivity index (χ1n) is 8.57. The third kappa shape index (κ3) is 3.39. The standard InChI is InChI=1S/C17H26N4O3/c1-17(2,3)24-16(23)21-9-7-11(10-21)13-18-14-12(15(22)19-13)6-5-8-20(14)4/h11H,5-10H2,1-4H3,(H,18,19,22)/t11-/m0/s1. The van der Waals surface area contributed by atoms with Crippen molar-refractivity contribution in [3.63, 3.8) is 0 Å². The fraction of sp³-hybridized carbons (Fsp3) is 0.706. The second-order valence-corrected chi connectivity index (χ2v) is 7.69. The molecular weight excluding hydrogens is 308 g/mol. The number of hydrogen-bond acceptors (Lipinski definition) is 5. The van der Waals surface area contributed by atoms with E-state index >= 15 is 0 Å². The molecule has 1 fully saturated rings. The van der Waals surface area contributed by atoms with Crippen molar-refractivity contribution in [1.29, 1.82) is 0 Å². The van der Waals surface area contributed by atoms with Crippen LogP contribution in [0.1, 0.15) is 50.9 Å². The maximum atomic E-state index is 12.4. The number of aromatic nitrogens is 2. The predicted octanol–water partition coefficient (Wildman–Crippen LogP) is 1.88. The van der Waals surface area contributed by atoms with Crippen LogP contribution >= 0.6 is 0 Å². The fourth-order valence-corrected chi connectivity index (χ4v) is 3.31. The number of H-pyrrole nitrogens is 1. The average molecular weight is 334 g/mol. The minimum Gasteiger partial charge on any atom is -0.444 e. The number of aromatic amines is 1. The maximum absolute atomic E-state index is 12.4. The van der Waals surface area contributed by atoms with E-state index in [-0.39, 0.29) is 17.6 Å². The highest BCUT2D eigenvalue weighted by Gasteiger charge is 2.32. The number of likely N-dealkylation sites (tertiary alicyclic amines) is 1. The molecule has 7 heteroatoms. The van der Waals surface area contributed by atoms with Gasteiger partial charge in [0, 0.05) is 32.6 Å². The monoisotopic (exact) mass is 334 g/mol. The minimum absolute atomic E-state index is 0.0442. The van der Waals surface area contributed by atoms with Crippen LogP contribution in [0.2, 0.25) is 0 Å². The average Bonchev–Trinajstić information content (AvgIpc) is 2.96. The predicted molar refractivity (Wildman–Crippen MR) is 91.6 cm³/mol. The quantitative estimate of drug-likeness (QED) is 0.848. The second-order valence-electron chi connectivity index (χ2n) is 7.69. The Morgan fingerprint density at radius 1 is 1.33 bits per heavy atom. The van der Waals surface area contributed by atoms with Crippen molar-refractivity contribution in [3.8, 4) is 0 Å². The van der Waals surface area contributed by atoms with Gasteiger partial charge in [0.15, 0.2) is 0 Å². The molecule has 1 aromatic heterocycles. The number of hydrogen-bond donors (Lipinski definition) is 1. The van der Waals surface area contributed by atoms with E-state index in [0.29, 0.717) is 18.9 Å². The largest absolute Gasteiger partial charge is 0.444 e. The molecule has 3 heterocycles. The number of nitrogens with zero attached hydrogens (tertiary/aromatic N) is 3. The molecule has 0 aromatic carbocycles. The van der Waals surface area contributed by atoms with Crippen LogP contribution < -0.4 is 10.5 Å². The summed E-state index contributed by atoms with van der Waals surface area (Å²) in [4.78, 5) is 35.9. The third-order valence-corrected chi connectivity index (χ3v) is 4.52. The van der Waals surface area contributed by atoms with Crippen molar-refractivity contribution in [2.45, 2.75) is 51.6 Å². The van der Waals surface area contributed by atoms with Crippen molar-refractivity contribution in [1.82, 2.24) is 14.9 Å². The lowest BCUT2D eigenvalue weighted by molar-refractivity contribution is 0.0292. The van der Waals surface area contributed by atoms with E-state index in [1.165, 1.54) is 0 Å².